The van der Waals surface area contributed by atoms with E-state index in [0.29, 0.717) is 4.47 Å². The molecule has 0 unspecified atom stereocenters. The number of aromatic nitrogens is 2. The number of halogens is 1. The van der Waals surface area contributed by atoms with Gasteiger partial charge in [-0.1, -0.05) is 12.2 Å². The second kappa shape index (κ2) is 5.81. The first-order valence-electron chi connectivity index (χ1n) is 5.30. The van der Waals surface area contributed by atoms with Crippen molar-refractivity contribution in [1.29, 1.82) is 0 Å². The summed E-state index contributed by atoms with van der Waals surface area (Å²) in [5.74, 6) is 0.172. The summed E-state index contributed by atoms with van der Waals surface area (Å²) in [6.45, 7) is 0. The Balaban J connectivity index is 2.47. The van der Waals surface area contributed by atoms with Gasteiger partial charge in [-0.25, -0.2) is 13.4 Å². The van der Waals surface area contributed by atoms with Gasteiger partial charge in [0, 0.05) is 12.4 Å². The summed E-state index contributed by atoms with van der Waals surface area (Å²) < 4.78 is 27.6. The van der Waals surface area contributed by atoms with E-state index in [1.54, 1.807) is 12.1 Å². The minimum absolute atomic E-state index is 0.0436. The molecule has 0 radical (unpaired) electrons. The van der Waals surface area contributed by atoms with Gasteiger partial charge in [0.2, 0.25) is 0 Å². The van der Waals surface area contributed by atoms with Crippen LogP contribution in [0.1, 0.15) is 5.69 Å². The molecule has 9 heteroatoms. The Kier molecular flexibility index (Phi) is 4.31. The Morgan fingerprint density at radius 1 is 1.25 bits per heavy atom. The van der Waals surface area contributed by atoms with Gasteiger partial charge in [0.15, 0.2) is 5.82 Å². The molecule has 0 aliphatic carbocycles. The Morgan fingerprint density at radius 2 is 1.90 bits per heavy atom. The molecule has 0 bridgehead atoms. The molecular weight excluding hydrogens is 364 g/mol. The van der Waals surface area contributed by atoms with E-state index in [2.05, 4.69) is 30.6 Å². The summed E-state index contributed by atoms with van der Waals surface area (Å²) in [6, 6.07) is 6.21. The summed E-state index contributed by atoms with van der Waals surface area (Å²) in [5, 5.41) is 0. The molecule has 0 atom stereocenters. The first-order chi connectivity index (χ1) is 9.42. The number of hydrogen-bond donors (Lipinski definition) is 2. The number of nitrogens with two attached hydrogens (primary N) is 1. The van der Waals surface area contributed by atoms with Crippen molar-refractivity contribution < 1.29 is 8.42 Å². The predicted octanol–water partition coefficient (Wildman–Crippen LogP) is 1.67. The summed E-state index contributed by atoms with van der Waals surface area (Å²) in [6.07, 6.45) is 2.89. The fraction of sp³-hybridized carbons (Fsp3) is 0. The average Bonchev–Trinajstić information content (AvgIpc) is 2.41. The average molecular weight is 373 g/mol. The van der Waals surface area contributed by atoms with Gasteiger partial charge in [-0.15, -0.1) is 0 Å². The summed E-state index contributed by atoms with van der Waals surface area (Å²) >= 11 is 8.02. The Bertz CT molecular complexity index is 765. The van der Waals surface area contributed by atoms with Gasteiger partial charge in [-0.05, 0) is 40.2 Å². The number of sulfonamides is 1. The molecule has 2 heterocycles. The number of nitrogens with one attached hydrogen (secondary N) is 1. The van der Waals surface area contributed by atoms with Crippen molar-refractivity contribution in [3.8, 4) is 0 Å². The molecule has 6 nitrogen and oxygen atoms in total. The Morgan fingerprint density at radius 3 is 2.55 bits per heavy atom. The number of thiocarbonyl (C=S) groups is 1. The monoisotopic (exact) mass is 372 g/mol. The fourth-order valence-electron chi connectivity index (χ4n) is 1.44. The zero-order valence-corrected chi connectivity index (χ0v) is 13.2. The molecular formula is C11H9BrN4O2S2. The highest BCUT2D eigenvalue weighted by atomic mass is 79.9. The van der Waals surface area contributed by atoms with Crippen LogP contribution in [0.15, 0.2) is 46.0 Å². The lowest BCUT2D eigenvalue weighted by Crippen LogP contribution is -2.21. The number of hydrogen-bond acceptors (Lipinski definition) is 5. The van der Waals surface area contributed by atoms with Crippen LogP contribution in [0.25, 0.3) is 0 Å². The normalized spacial score (nSPS) is 11.1. The molecule has 20 heavy (non-hydrogen) atoms. The topological polar surface area (TPSA) is 98.0 Å². The predicted molar refractivity (Wildman–Crippen MR) is 82.9 cm³/mol. The van der Waals surface area contributed by atoms with Gasteiger partial charge in [-0.2, -0.15) is 0 Å². The zero-order valence-electron chi connectivity index (χ0n) is 9.95. The molecule has 3 N–H and O–H groups in total. The van der Waals surface area contributed by atoms with Crippen LogP contribution in [0.3, 0.4) is 0 Å². The van der Waals surface area contributed by atoms with Crippen molar-refractivity contribution in [2.45, 2.75) is 4.90 Å². The van der Waals surface area contributed by atoms with Crippen LogP contribution in [0, 0.1) is 0 Å². The molecule has 0 aromatic carbocycles. The van der Waals surface area contributed by atoms with Crippen LogP contribution in [-0.2, 0) is 10.0 Å². The maximum Gasteiger partial charge on any atom is 0.265 e. The largest absolute Gasteiger partial charge is 0.388 e. The minimum Gasteiger partial charge on any atom is -0.388 e. The van der Waals surface area contributed by atoms with E-state index >= 15 is 0 Å². The number of rotatable bonds is 4. The quantitative estimate of drug-likeness (QED) is 0.792. The van der Waals surface area contributed by atoms with Crippen molar-refractivity contribution in [2.24, 2.45) is 5.73 Å². The van der Waals surface area contributed by atoms with Crippen molar-refractivity contribution in [1.82, 2.24) is 9.97 Å². The highest BCUT2D eigenvalue weighted by Crippen LogP contribution is 2.23. The lowest BCUT2D eigenvalue weighted by Gasteiger charge is -2.10. The van der Waals surface area contributed by atoms with E-state index in [1.807, 2.05) is 0 Å². The second-order valence-electron chi connectivity index (χ2n) is 3.65. The summed E-state index contributed by atoms with van der Waals surface area (Å²) in [7, 11) is -3.88. The fourth-order valence-corrected chi connectivity index (χ4v) is 3.35. The highest BCUT2D eigenvalue weighted by Gasteiger charge is 2.22. The van der Waals surface area contributed by atoms with E-state index < -0.39 is 10.0 Å². The zero-order chi connectivity index (χ0) is 14.8. The smallest absolute Gasteiger partial charge is 0.265 e. The van der Waals surface area contributed by atoms with Crippen molar-refractivity contribution in [3.05, 3.63) is 46.8 Å². The van der Waals surface area contributed by atoms with E-state index in [1.165, 1.54) is 24.5 Å². The van der Waals surface area contributed by atoms with Gasteiger partial charge < -0.3 is 5.73 Å². The molecule has 0 spiro atoms. The molecule has 2 aromatic heterocycles. The first-order valence-corrected chi connectivity index (χ1v) is 7.98. The Hall–Kier alpha value is -1.58. The van der Waals surface area contributed by atoms with E-state index in [9.17, 15) is 8.42 Å². The number of anilines is 1. The third kappa shape index (κ3) is 3.11. The maximum atomic E-state index is 12.4. The first kappa shape index (κ1) is 14.8. The van der Waals surface area contributed by atoms with Gasteiger partial charge in [0.05, 0.1) is 4.47 Å². The molecule has 2 rings (SSSR count). The van der Waals surface area contributed by atoms with Crippen LogP contribution in [0.2, 0.25) is 0 Å². The van der Waals surface area contributed by atoms with E-state index in [-0.39, 0.29) is 21.4 Å². The lowest BCUT2D eigenvalue weighted by molar-refractivity contribution is 0.600. The second-order valence-corrected chi connectivity index (χ2v) is 6.60. The van der Waals surface area contributed by atoms with E-state index in [4.69, 9.17) is 18.0 Å². The van der Waals surface area contributed by atoms with Gasteiger partial charge in [0.25, 0.3) is 10.0 Å². The maximum absolute atomic E-state index is 12.4. The van der Waals surface area contributed by atoms with Crippen molar-refractivity contribution in [3.63, 3.8) is 0 Å². The van der Waals surface area contributed by atoms with Gasteiger partial charge in [0.1, 0.15) is 15.6 Å². The number of pyridine rings is 2. The van der Waals surface area contributed by atoms with Crippen LogP contribution < -0.4 is 10.5 Å². The third-order valence-corrected chi connectivity index (χ3v) is 4.49. The van der Waals surface area contributed by atoms with Crippen molar-refractivity contribution >= 4 is 49.0 Å². The minimum atomic E-state index is -3.88. The molecule has 0 fully saturated rings. The molecule has 0 saturated carbocycles. The standard InChI is InChI=1S/C11H9BrN4O2S2/c12-7-3-1-6-15-11(7)16-20(17,18)8-4-2-5-14-9(8)10(13)19/h1-6H,(H2,13,19)(H,15,16). The molecule has 2 aromatic rings. The Labute approximate surface area is 129 Å². The third-order valence-electron chi connectivity index (χ3n) is 2.28. The highest BCUT2D eigenvalue weighted by molar-refractivity contribution is 9.10. The van der Waals surface area contributed by atoms with Gasteiger partial charge >= 0.3 is 0 Å². The number of nitrogens with zero attached hydrogens (tertiary/aromatic N) is 2. The van der Waals surface area contributed by atoms with Crippen LogP contribution >= 0.6 is 28.1 Å². The molecule has 104 valence electrons. The van der Waals surface area contributed by atoms with Gasteiger partial charge in [-0.3, -0.25) is 9.71 Å². The molecule has 0 saturated heterocycles. The van der Waals surface area contributed by atoms with Crippen LogP contribution in [0.4, 0.5) is 5.82 Å². The van der Waals surface area contributed by atoms with Crippen LogP contribution in [-0.4, -0.2) is 23.4 Å². The molecule has 0 aliphatic heterocycles. The van der Waals surface area contributed by atoms with Crippen LogP contribution in [0.5, 0.6) is 0 Å². The summed E-state index contributed by atoms with van der Waals surface area (Å²) in [5.41, 5.74) is 5.53. The molecule has 0 amide bonds. The van der Waals surface area contributed by atoms with E-state index in [0.717, 1.165) is 0 Å². The SMILES string of the molecule is NC(=S)c1ncccc1S(=O)(=O)Nc1ncccc1Br. The lowest BCUT2D eigenvalue weighted by atomic mass is 10.3. The summed E-state index contributed by atoms with van der Waals surface area (Å²) in [4.78, 5) is 7.65. The van der Waals surface area contributed by atoms with Crippen molar-refractivity contribution in [2.75, 3.05) is 4.72 Å². The molecule has 0 aliphatic rings.